The second-order valence-corrected chi connectivity index (χ2v) is 4.55. The molecule has 0 heterocycles. The molecule has 0 aromatic rings. The Morgan fingerprint density at radius 2 is 1.35 bits per heavy atom. The predicted molar refractivity (Wildman–Crippen MR) is 77.7 cm³/mol. The molecule has 9 N–H and O–H groups in total. The monoisotopic (exact) mass is 334 g/mol. The first kappa shape index (κ1) is 22.6. The van der Waals surface area contributed by atoms with Crippen molar-refractivity contribution in [1.82, 2.24) is 5.32 Å². The van der Waals surface area contributed by atoms with Crippen molar-refractivity contribution in [2.75, 3.05) is 0 Å². The van der Waals surface area contributed by atoms with Gasteiger partial charge in [0.15, 0.2) is 0 Å². The summed E-state index contributed by atoms with van der Waals surface area (Å²) in [7, 11) is 0. The molecule has 1 unspecified atom stereocenters. The lowest BCUT2D eigenvalue weighted by molar-refractivity contribution is -0.142. The molecule has 0 saturated heterocycles. The number of carboxylic acid groups (broad SMARTS) is 2. The van der Waals surface area contributed by atoms with E-state index in [9.17, 15) is 24.0 Å². The Morgan fingerprint density at radius 1 is 0.913 bits per heavy atom. The molecule has 11 nitrogen and oxygen atoms in total. The van der Waals surface area contributed by atoms with Crippen molar-refractivity contribution >= 4 is 29.7 Å². The lowest BCUT2D eigenvalue weighted by Crippen LogP contribution is -2.40. The van der Waals surface area contributed by atoms with Crippen LogP contribution in [0.4, 0.5) is 0 Å². The van der Waals surface area contributed by atoms with Gasteiger partial charge in [-0.25, -0.2) is 4.79 Å². The van der Waals surface area contributed by atoms with Gasteiger partial charge in [-0.1, -0.05) is 0 Å². The first-order chi connectivity index (χ1) is 10.5. The molecular weight excluding hydrogens is 312 g/mol. The summed E-state index contributed by atoms with van der Waals surface area (Å²) in [6.45, 7) is 1.21. The molecule has 0 aliphatic carbocycles. The van der Waals surface area contributed by atoms with E-state index in [1.54, 1.807) is 0 Å². The molecule has 0 aliphatic heterocycles. The minimum atomic E-state index is -1.17. The maximum atomic E-state index is 10.5. The Kier molecular flexibility index (Phi) is 11.7. The minimum Gasteiger partial charge on any atom is -0.480 e. The highest BCUT2D eigenvalue weighted by Gasteiger charge is 2.18. The van der Waals surface area contributed by atoms with Crippen molar-refractivity contribution in [1.29, 1.82) is 0 Å². The third-order valence-corrected chi connectivity index (χ3v) is 2.37. The van der Waals surface area contributed by atoms with Crippen LogP contribution < -0.4 is 22.5 Å². The molecule has 0 fully saturated rings. The number of aliphatic carboxylic acids is 2. The molecule has 2 atom stereocenters. The van der Waals surface area contributed by atoms with Gasteiger partial charge in [-0.15, -0.1) is 0 Å². The van der Waals surface area contributed by atoms with Crippen LogP contribution in [0.2, 0.25) is 0 Å². The molecular formula is C12H22N4O7. The summed E-state index contributed by atoms with van der Waals surface area (Å²) in [5.41, 5.74) is 14.6. The van der Waals surface area contributed by atoms with E-state index in [2.05, 4.69) is 5.32 Å². The number of hydrogen-bond acceptors (Lipinski definition) is 6. The van der Waals surface area contributed by atoms with Crippen molar-refractivity contribution in [3.63, 3.8) is 0 Å². The van der Waals surface area contributed by atoms with Gasteiger partial charge in [0.2, 0.25) is 17.7 Å². The molecule has 23 heavy (non-hydrogen) atoms. The Morgan fingerprint density at radius 3 is 1.65 bits per heavy atom. The van der Waals surface area contributed by atoms with Crippen LogP contribution in [0.25, 0.3) is 0 Å². The molecule has 132 valence electrons. The smallest absolute Gasteiger partial charge is 0.326 e. The van der Waals surface area contributed by atoms with E-state index < -0.39 is 41.7 Å². The topological polar surface area (TPSA) is 216 Å². The largest absolute Gasteiger partial charge is 0.480 e. The van der Waals surface area contributed by atoms with Gasteiger partial charge in [0.25, 0.3) is 0 Å². The fourth-order valence-electron chi connectivity index (χ4n) is 1.21. The molecule has 3 amide bonds. The number of rotatable bonds is 9. The molecule has 0 rings (SSSR count). The second kappa shape index (κ2) is 11.9. The average molecular weight is 334 g/mol. The number of carbonyl (C=O) groups is 5. The highest BCUT2D eigenvalue weighted by molar-refractivity contribution is 5.83. The van der Waals surface area contributed by atoms with Crippen LogP contribution in [0.15, 0.2) is 0 Å². The van der Waals surface area contributed by atoms with Crippen LogP contribution in [0, 0.1) is 0 Å². The zero-order chi connectivity index (χ0) is 18.6. The minimum absolute atomic E-state index is 0.0181. The van der Waals surface area contributed by atoms with Crippen LogP contribution in [0.3, 0.4) is 0 Å². The molecule has 0 saturated carbocycles. The predicted octanol–water partition coefficient (Wildman–Crippen LogP) is -2.49. The first-order valence-corrected chi connectivity index (χ1v) is 6.52. The average Bonchev–Trinajstić information content (AvgIpc) is 2.40. The fourth-order valence-corrected chi connectivity index (χ4v) is 1.21. The van der Waals surface area contributed by atoms with E-state index in [0.717, 1.165) is 0 Å². The van der Waals surface area contributed by atoms with Crippen LogP contribution >= 0.6 is 0 Å². The number of amides is 3. The number of nitrogens with one attached hydrogen (secondary N) is 1. The normalized spacial score (nSPS) is 12.1. The van der Waals surface area contributed by atoms with Crippen molar-refractivity contribution in [3.8, 4) is 0 Å². The first-order valence-electron chi connectivity index (χ1n) is 6.52. The van der Waals surface area contributed by atoms with E-state index >= 15 is 0 Å². The highest BCUT2D eigenvalue weighted by Crippen LogP contribution is 1.96. The van der Waals surface area contributed by atoms with Crippen molar-refractivity contribution in [2.24, 2.45) is 17.2 Å². The molecule has 0 radical (unpaired) electrons. The maximum absolute atomic E-state index is 10.5. The van der Waals surface area contributed by atoms with Gasteiger partial charge in [-0.05, 0) is 12.8 Å². The van der Waals surface area contributed by atoms with E-state index in [1.807, 2.05) is 0 Å². The number of carbonyl (C=O) groups excluding carboxylic acids is 3. The van der Waals surface area contributed by atoms with E-state index in [-0.39, 0.29) is 25.7 Å². The summed E-state index contributed by atoms with van der Waals surface area (Å²) in [5.74, 6) is -3.84. The second-order valence-electron chi connectivity index (χ2n) is 4.55. The molecule has 11 heteroatoms. The zero-order valence-electron chi connectivity index (χ0n) is 12.7. The van der Waals surface area contributed by atoms with Gasteiger partial charge in [-0.3, -0.25) is 19.2 Å². The number of hydrogen-bond donors (Lipinski definition) is 6. The third kappa shape index (κ3) is 15.5. The summed E-state index contributed by atoms with van der Waals surface area (Å²) in [6, 6.07) is -2.02. The summed E-state index contributed by atoms with van der Waals surface area (Å²) in [6.07, 6.45) is 0.0830. The molecule has 0 bridgehead atoms. The third-order valence-electron chi connectivity index (χ3n) is 2.37. The summed E-state index contributed by atoms with van der Waals surface area (Å²) in [5, 5.41) is 19.0. The number of carboxylic acids is 2. The number of nitrogens with two attached hydrogens (primary N) is 3. The van der Waals surface area contributed by atoms with Crippen LogP contribution in [-0.4, -0.2) is 52.0 Å². The van der Waals surface area contributed by atoms with Crippen LogP contribution in [0.1, 0.15) is 32.6 Å². The molecule has 0 aromatic carbocycles. The van der Waals surface area contributed by atoms with Crippen molar-refractivity contribution < 1.29 is 34.2 Å². The Hall–Kier alpha value is -2.69. The molecule has 0 aliphatic rings. The Balaban J connectivity index is 0. The van der Waals surface area contributed by atoms with Gasteiger partial charge in [0, 0.05) is 19.8 Å². The fraction of sp³-hybridized carbons (Fsp3) is 0.583. The zero-order valence-corrected chi connectivity index (χ0v) is 12.7. The SMILES string of the molecule is CC(=O)NC(CCC(N)=O)C(=O)O.NC(=O)CC[C@H](N)C(=O)O. The standard InChI is InChI=1S/C7H12N2O4.C5H10N2O3/c1-4(10)9-5(7(12)13)2-3-6(8)11;6-3(5(9)10)1-2-4(7)8/h5H,2-3H2,1H3,(H2,8,11)(H,9,10)(H,12,13);3H,1-2,6H2,(H2,7,8)(H,9,10)/t;3-/m.0/s1. The van der Waals surface area contributed by atoms with E-state index in [4.69, 9.17) is 27.4 Å². The highest BCUT2D eigenvalue weighted by atomic mass is 16.4. The maximum Gasteiger partial charge on any atom is 0.326 e. The quantitative estimate of drug-likeness (QED) is 0.264. The molecule has 0 aromatic heterocycles. The Labute approximate surface area is 132 Å². The van der Waals surface area contributed by atoms with Crippen molar-refractivity contribution in [3.05, 3.63) is 0 Å². The van der Waals surface area contributed by atoms with Crippen molar-refractivity contribution in [2.45, 2.75) is 44.7 Å². The summed E-state index contributed by atoms with van der Waals surface area (Å²) >= 11 is 0. The summed E-state index contributed by atoms with van der Waals surface area (Å²) < 4.78 is 0. The molecule has 0 spiro atoms. The van der Waals surface area contributed by atoms with Crippen LogP contribution in [0.5, 0.6) is 0 Å². The van der Waals surface area contributed by atoms with Gasteiger partial charge in [0.1, 0.15) is 12.1 Å². The van der Waals surface area contributed by atoms with Gasteiger partial charge in [0.05, 0.1) is 0 Å². The van der Waals surface area contributed by atoms with Gasteiger partial charge < -0.3 is 32.7 Å². The van der Waals surface area contributed by atoms with Crippen LogP contribution in [-0.2, 0) is 24.0 Å². The van der Waals surface area contributed by atoms with Gasteiger partial charge in [-0.2, -0.15) is 0 Å². The van der Waals surface area contributed by atoms with E-state index in [1.165, 1.54) is 6.92 Å². The Bertz CT molecular complexity index is 453. The lowest BCUT2D eigenvalue weighted by atomic mass is 10.1. The van der Waals surface area contributed by atoms with Gasteiger partial charge >= 0.3 is 11.9 Å². The summed E-state index contributed by atoms with van der Waals surface area (Å²) in [4.78, 5) is 51.5. The van der Waals surface area contributed by atoms with E-state index in [0.29, 0.717) is 0 Å². The number of primary amides is 2. The lowest BCUT2D eigenvalue weighted by Gasteiger charge is -2.11.